The van der Waals surface area contributed by atoms with Crippen molar-refractivity contribution in [2.24, 2.45) is 5.92 Å². The highest BCUT2D eigenvalue weighted by Gasteiger charge is 2.28. The van der Waals surface area contributed by atoms with Crippen LogP contribution in [-0.2, 0) is 4.74 Å². The van der Waals surface area contributed by atoms with Crippen molar-refractivity contribution in [1.82, 2.24) is 15.0 Å². The summed E-state index contributed by atoms with van der Waals surface area (Å²) in [6.45, 7) is 2.74. The minimum Gasteiger partial charge on any atom is -0.370 e. The van der Waals surface area contributed by atoms with E-state index in [-0.39, 0.29) is 12.1 Å². The van der Waals surface area contributed by atoms with Crippen LogP contribution in [-0.4, -0.2) is 21.6 Å². The van der Waals surface area contributed by atoms with E-state index in [1.54, 1.807) is 0 Å². The number of nitrogens with zero attached hydrogens (tertiary/aromatic N) is 2. The van der Waals surface area contributed by atoms with Crippen molar-refractivity contribution < 1.29 is 4.74 Å². The molecule has 2 heterocycles. The van der Waals surface area contributed by atoms with Crippen molar-refractivity contribution in [3.63, 3.8) is 0 Å². The van der Waals surface area contributed by atoms with E-state index in [1.807, 2.05) is 6.92 Å². The number of aromatic amines is 1. The van der Waals surface area contributed by atoms with Gasteiger partial charge in [0.2, 0.25) is 5.95 Å². The van der Waals surface area contributed by atoms with Gasteiger partial charge in [0.25, 0.3) is 0 Å². The zero-order valence-electron chi connectivity index (χ0n) is 7.86. The summed E-state index contributed by atoms with van der Waals surface area (Å²) in [6.07, 6.45) is 0.810. The van der Waals surface area contributed by atoms with Gasteiger partial charge in [0.05, 0.1) is 0 Å². The highest BCUT2D eigenvalue weighted by Crippen LogP contribution is 2.31. The third kappa shape index (κ3) is 1.60. The second-order valence-corrected chi connectivity index (χ2v) is 3.45. The maximum Gasteiger partial charge on any atom is 0.349 e. The first-order valence-electron chi connectivity index (χ1n) is 4.52. The Labute approximate surface area is 80.5 Å². The topological polar surface area (TPSA) is 93.9 Å². The number of hydrogen-bond donors (Lipinski definition) is 2. The quantitative estimate of drug-likeness (QED) is 0.651. The van der Waals surface area contributed by atoms with E-state index in [9.17, 15) is 4.79 Å². The number of aromatic nitrogens is 3. The molecule has 1 aromatic rings. The lowest BCUT2D eigenvalue weighted by Gasteiger charge is -2.12. The molecule has 1 aliphatic heterocycles. The van der Waals surface area contributed by atoms with Crippen molar-refractivity contribution in [2.75, 3.05) is 12.3 Å². The zero-order chi connectivity index (χ0) is 10.1. The van der Waals surface area contributed by atoms with Gasteiger partial charge in [-0.15, -0.1) is 0 Å². The predicted octanol–water partition coefficient (Wildman–Crippen LogP) is -0.155. The SMILES string of the molecule is CC1CCOC1c1nc(N)nc(=O)[nH]1. The molecule has 0 aliphatic carbocycles. The Hall–Kier alpha value is -1.43. The Bertz CT molecular complexity index is 389. The summed E-state index contributed by atoms with van der Waals surface area (Å²) in [4.78, 5) is 21.0. The molecule has 0 amide bonds. The largest absolute Gasteiger partial charge is 0.370 e. The second-order valence-electron chi connectivity index (χ2n) is 3.45. The minimum absolute atomic E-state index is 0.00792. The fourth-order valence-electron chi connectivity index (χ4n) is 1.60. The molecule has 0 saturated carbocycles. The highest BCUT2D eigenvalue weighted by atomic mass is 16.5. The van der Waals surface area contributed by atoms with Gasteiger partial charge in [-0.1, -0.05) is 6.92 Å². The first-order chi connectivity index (χ1) is 6.66. The van der Waals surface area contributed by atoms with E-state index < -0.39 is 5.69 Å². The summed E-state index contributed by atoms with van der Waals surface area (Å²) in [7, 11) is 0. The number of hydrogen-bond acceptors (Lipinski definition) is 5. The molecule has 76 valence electrons. The normalized spacial score (nSPS) is 26.6. The van der Waals surface area contributed by atoms with Crippen LogP contribution in [0.15, 0.2) is 4.79 Å². The molecule has 2 atom stereocenters. The number of nitrogens with one attached hydrogen (secondary N) is 1. The van der Waals surface area contributed by atoms with Gasteiger partial charge in [-0.05, 0) is 12.3 Å². The van der Waals surface area contributed by atoms with Crippen molar-refractivity contribution in [1.29, 1.82) is 0 Å². The molecule has 6 nitrogen and oxygen atoms in total. The molecule has 14 heavy (non-hydrogen) atoms. The van der Waals surface area contributed by atoms with Crippen LogP contribution in [0.3, 0.4) is 0 Å². The molecular weight excluding hydrogens is 184 g/mol. The van der Waals surface area contributed by atoms with Gasteiger partial charge < -0.3 is 10.5 Å². The maximum absolute atomic E-state index is 11.0. The summed E-state index contributed by atoms with van der Waals surface area (Å²) in [5.41, 5.74) is 4.90. The lowest BCUT2D eigenvalue weighted by molar-refractivity contribution is 0.0870. The second kappa shape index (κ2) is 3.38. The summed E-state index contributed by atoms with van der Waals surface area (Å²) >= 11 is 0. The fraction of sp³-hybridized carbons (Fsp3) is 0.625. The van der Waals surface area contributed by atoms with Crippen LogP contribution < -0.4 is 11.4 Å². The first-order valence-corrected chi connectivity index (χ1v) is 4.52. The number of rotatable bonds is 1. The molecule has 0 aromatic carbocycles. The predicted molar refractivity (Wildman–Crippen MR) is 49.5 cm³/mol. The summed E-state index contributed by atoms with van der Waals surface area (Å²) in [5.74, 6) is 0.818. The summed E-state index contributed by atoms with van der Waals surface area (Å²) < 4.78 is 5.45. The number of ether oxygens (including phenoxy) is 1. The molecule has 0 bridgehead atoms. The van der Waals surface area contributed by atoms with Gasteiger partial charge in [-0.25, -0.2) is 4.79 Å². The van der Waals surface area contributed by atoms with Gasteiger partial charge in [-0.3, -0.25) is 4.98 Å². The fourth-order valence-corrected chi connectivity index (χ4v) is 1.60. The molecule has 2 rings (SSSR count). The van der Waals surface area contributed by atoms with Gasteiger partial charge in [-0.2, -0.15) is 9.97 Å². The molecule has 0 radical (unpaired) electrons. The van der Waals surface area contributed by atoms with Gasteiger partial charge in [0.15, 0.2) is 0 Å². The molecule has 0 spiro atoms. The highest BCUT2D eigenvalue weighted by molar-refractivity contribution is 5.14. The standard InChI is InChI=1S/C8H12N4O2/c1-4-2-3-14-5(4)6-10-7(9)12-8(13)11-6/h4-5H,2-3H2,1H3,(H3,9,10,11,12,13). The van der Waals surface area contributed by atoms with E-state index in [0.29, 0.717) is 18.3 Å². The Kier molecular flexibility index (Phi) is 2.20. The van der Waals surface area contributed by atoms with E-state index in [0.717, 1.165) is 6.42 Å². The third-order valence-electron chi connectivity index (χ3n) is 2.34. The van der Waals surface area contributed by atoms with E-state index in [4.69, 9.17) is 10.5 Å². The maximum atomic E-state index is 11.0. The van der Waals surface area contributed by atoms with Crippen molar-refractivity contribution in [3.05, 3.63) is 16.3 Å². The van der Waals surface area contributed by atoms with Crippen LogP contribution in [0, 0.1) is 5.92 Å². The van der Waals surface area contributed by atoms with Gasteiger partial charge in [0.1, 0.15) is 11.9 Å². The van der Waals surface area contributed by atoms with E-state index >= 15 is 0 Å². The molecule has 6 heteroatoms. The first kappa shape index (κ1) is 9.14. The lowest BCUT2D eigenvalue weighted by atomic mass is 10.0. The average molecular weight is 196 g/mol. The van der Waals surface area contributed by atoms with E-state index in [1.165, 1.54) is 0 Å². The summed E-state index contributed by atoms with van der Waals surface area (Å²) in [6, 6.07) is 0. The number of H-pyrrole nitrogens is 1. The van der Waals surface area contributed by atoms with Crippen LogP contribution in [0.5, 0.6) is 0 Å². The Balaban J connectivity index is 2.36. The smallest absolute Gasteiger partial charge is 0.349 e. The lowest BCUT2D eigenvalue weighted by Crippen LogP contribution is -2.21. The van der Waals surface area contributed by atoms with E-state index in [2.05, 4.69) is 15.0 Å². The van der Waals surface area contributed by atoms with Crippen molar-refractivity contribution in [2.45, 2.75) is 19.4 Å². The van der Waals surface area contributed by atoms with Crippen LogP contribution in [0.1, 0.15) is 25.3 Å². The molecule has 1 saturated heterocycles. The molecule has 1 fully saturated rings. The average Bonchev–Trinajstić information content (AvgIpc) is 2.49. The Morgan fingerprint density at radius 3 is 2.93 bits per heavy atom. The van der Waals surface area contributed by atoms with Crippen molar-refractivity contribution in [3.8, 4) is 0 Å². The van der Waals surface area contributed by atoms with Crippen LogP contribution in [0.2, 0.25) is 0 Å². The zero-order valence-corrected chi connectivity index (χ0v) is 7.86. The monoisotopic (exact) mass is 196 g/mol. The molecule has 2 unspecified atom stereocenters. The molecule has 1 aromatic heterocycles. The number of nitrogens with two attached hydrogens (primary N) is 1. The minimum atomic E-state index is -0.477. The Morgan fingerprint density at radius 1 is 1.57 bits per heavy atom. The molecular formula is C8H12N4O2. The van der Waals surface area contributed by atoms with Crippen molar-refractivity contribution >= 4 is 5.95 Å². The third-order valence-corrected chi connectivity index (χ3v) is 2.34. The van der Waals surface area contributed by atoms with Gasteiger partial charge >= 0.3 is 5.69 Å². The van der Waals surface area contributed by atoms with Crippen LogP contribution >= 0.6 is 0 Å². The number of nitrogen functional groups attached to an aromatic ring is 1. The summed E-state index contributed by atoms with van der Waals surface area (Å²) in [5, 5.41) is 0. The number of anilines is 1. The van der Waals surface area contributed by atoms with Crippen LogP contribution in [0.4, 0.5) is 5.95 Å². The molecule has 3 N–H and O–H groups in total. The van der Waals surface area contributed by atoms with Crippen LogP contribution in [0.25, 0.3) is 0 Å². The Morgan fingerprint density at radius 2 is 2.36 bits per heavy atom. The van der Waals surface area contributed by atoms with Gasteiger partial charge in [0, 0.05) is 6.61 Å². The molecule has 1 aliphatic rings.